The Balaban J connectivity index is 0.000000178. The lowest BCUT2D eigenvalue weighted by molar-refractivity contribution is -0.138. The van der Waals surface area contributed by atoms with Crippen LogP contribution in [0.15, 0.2) is 105 Å². The number of piperazine rings is 2. The lowest BCUT2D eigenvalue weighted by atomic mass is 10.1. The number of halogens is 6. The van der Waals surface area contributed by atoms with Gasteiger partial charge in [0.15, 0.2) is 0 Å². The van der Waals surface area contributed by atoms with Gasteiger partial charge in [0.2, 0.25) is 0 Å². The SMILES string of the molecule is FC(F)(F)c1ccc2c(c1)N(CCCN1CCN(CCCN3CCCCC3)CC1)c1ccccc1S2.FC(F)(F)c1ccc2c(c1)N(CCCN1CCN(CCCN3CCOCC3)CC1)c1ccccc1S2. The Bertz CT molecular complexity index is 2170. The van der Waals surface area contributed by atoms with Gasteiger partial charge < -0.3 is 39.0 Å². The van der Waals surface area contributed by atoms with E-state index in [1.54, 1.807) is 35.7 Å². The van der Waals surface area contributed by atoms with Crippen LogP contribution >= 0.6 is 23.5 Å². The maximum absolute atomic E-state index is 13.4. The average molecular weight is 1040 g/mol. The van der Waals surface area contributed by atoms with Crippen molar-refractivity contribution in [2.24, 2.45) is 0 Å². The molecule has 0 bridgehead atoms. The van der Waals surface area contributed by atoms with E-state index in [0.29, 0.717) is 24.5 Å². The van der Waals surface area contributed by atoms with Crippen molar-refractivity contribution in [3.05, 3.63) is 96.1 Å². The molecule has 10 rings (SSSR count). The van der Waals surface area contributed by atoms with Crippen LogP contribution in [0.25, 0.3) is 0 Å². The fourth-order valence-electron chi connectivity index (χ4n) is 10.9. The highest BCUT2D eigenvalue weighted by atomic mass is 32.2. The summed E-state index contributed by atoms with van der Waals surface area (Å²) < 4.78 is 86.1. The number of morpholine rings is 1. The number of hydrogen-bond donors (Lipinski definition) is 0. The molecule has 4 fully saturated rings. The molecule has 17 heteroatoms. The van der Waals surface area contributed by atoms with E-state index in [9.17, 15) is 26.3 Å². The molecular formula is C55H72F6N8OS2. The van der Waals surface area contributed by atoms with Crippen molar-refractivity contribution < 1.29 is 31.1 Å². The number of alkyl halides is 6. The third kappa shape index (κ3) is 14.4. The maximum atomic E-state index is 13.4. The van der Waals surface area contributed by atoms with Gasteiger partial charge in [-0.15, -0.1) is 0 Å². The molecular weight excluding hydrogens is 967 g/mol. The normalized spacial score (nSPS) is 19.8. The van der Waals surface area contributed by atoms with Gasteiger partial charge in [0.25, 0.3) is 0 Å². The average Bonchev–Trinajstić information content (AvgIpc) is 3.39. The maximum Gasteiger partial charge on any atom is 0.416 e. The second-order valence-electron chi connectivity index (χ2n) is 19.9. The second-order valence-corrected chi connectivity index (χ2v) is 22.1. The van der Waals surface area contributed by atoms with E-state index in [1.807, 2.05) is 42.5 Å². The van der Waals surface area contributed by atoms with Crippen LogP contribution in [0.4, 0.5) is 49.1 Å². The van der Waals surface area contributed by atoms with Crippen LogP contribution in [0, 0.1) is 0 Å². The topological polar surface area (TPSA) is 35.2 Å². The van der Waals surface area contributed by atoms with Gasteiger partial charge in [-0.1, -0.05) is 54.2 Å². The van der Waals surface area contributed by atoms with Crippen LogP contribution in [0.5, 0.6) is 0 Å². The molecule has 0 N–H and O–H groups in total. The van der Waals surface area contributed by atoms with Crippen molar-refractivity contribution in [3.8, 4) is 0 Å². The van der Waals surface area contributed by atoms with Crippen molar-refractivity contribution in [1.29, 1.82) is 0 Å². The Labute approximate surface area is 431 Å². The molecule has 6 aliphatic rings. The molecule has 0 unspecified atom stereocenters. The summed E-state index contributed by atoms with van der Waals surface area (Å²) in [5.74, 6) is 0. The first kappa shape index (κ1) is 53.3. The van der Waals surface area contributed by atoms with Crippen LogP contribution in [-0.2, 0) is 17.1 Å². The number of fused-ring (bicyclic) bond motifs is 4. The predicted molar refractivity (Wildman–Crippen MR) is 280 cm³/mol. The van der Waals surface area contributed by atoms with E-state index in [1.165, 1.54) is 82.5 Å². The summed E-state index contributed by atoms with van der Waals surface area (Å²) in [6.07, 6.45) is -0.291. The molecule has 0 aromatic heterocycles. The first-order chi connectivity index (χ1) is 34.9. The molecule has 0 atom stereocenters. The Hall–Kier alpha value is -3.52. The summed E-state index contributed by atoms with van der Waals surface area (Å²) in [6, 6.07) is 24.3. The predicted octanol–water partition coefficient (Wildman–Crippen LogP) is 11.2. The van der Waals surface area contributed by atoms with Gasteiger partial charge in [0.1, 0.15) is 0 Å². The molecule has 0 aliphatic carbocycles. The Morgan fingerprint density at radius 2 is 0.694 bits per heavy atom. The number of rotatable bonds is 16. The smallest absolute Gasteiger partial charge is 0.379 e. The molecule has 392 valence electrons. The third-order valence-corrected chi connectivity index (χ3v) is 17.3. The molecule has 0 radical (unpaired) electrons. The van der Waals surface area contributed by atoms with Crippen molar-refractivity contribution in [1.82, 2.24) is 29.4 Å². The van der Waals surface area contributed by atoms with E-state index in [0.717, 1.165) is 149 Å². The standard InChI is InChI=1S/C28H37F3N4S.C27H35F3N4OS/c29-28(30,31)23-10-11-27-25(22-23)35(24-8-2-3-9-26(24)36-27)17-7-16-34-20-18-33(19-21-34)15-6-14-32-12-4-1-5-13-32;28-27(29,30)22-7-8-26-24(21-22)34(23-5-1-2-6-25(23)36-26)12-4-11-32-15-13-31(14-16-32)9-3-10-33-17-19-35-20-18-33/h2-3,8-11,22H,1,4-7,12-21H2;1-2,5-8,21H,3-4,9-20H2. The summed E-state index contributed by atoms with van der Waals surface area (Å²) >= 11 is 3.10. The highest BCUT2D eigenvalue weighted by molar-refractivity contribution is 8.00. The molecule has 9 nitrogen and oxygen atoms in total. The number of likely N-dealkylation sites (tertiary alicyclic amines) is 1. The molecule has 4 aromatic rings. The monoisotopic (exact) mass is 1040 g/mol. The highest BCUT2D eigenvalue weighted by Crippen LogP contribution is 2.51. The van der Waals surface area contributed by atoms with Crippen LogP contribution < -0.4 is 9.80 Å². The van der Waals surface area contributed by atoms with Crippen molar-refractivity contribution in [2.75, 3.05) is 154 Å². The van der Waals surface area contributed by atoms with Gasteiger partial charge in [-0.25, -0.2) is 0 Å². The Kier molecular flexibility index (Phi) is 18.8. The number of benzene rings is 4. The fourth-order valence-corrected chi connectivity index (χ4v) is 13.1. The number of para-hydroxylation sites is 2. The third-order valence-electron chi connectivity index (χ3n) is 15.0. The number of piperidine rings is 1. The molecule has 6 heterocycles. The summed E-state index contributed by atoms with van der Waals surface area (Å²) in [5, 5.41) is 0. The molecule has 72 heavy (non-hydrogen) atoms. The lowest BCUT2D eigenvalue weighted by Gasteiger charge is -2.37. The zero-order valence-electron chi connectivity index (χ0n) is 41.7. The molecule has 4 saturated heterocycles. The second kappa shape index (κ2) is 25.3. The van der Waals surface area contributed by atoms with Gasteiger partial charge in [-0.2, -0.15) is 26.3 Å². The zero-order chi connectivity index (χ0) is 49.9. The minimum Gasteiger partial charge on any atom is -0.379 e. The Morgan fingerprint density at radius 3 is 1.08 bits per heavy atom. The molecule has 6 aliphatic heterocycles. The van der Waals surface area contributed by atoms with Crippen LogP contribution in [0.1, 0.15) is 56.1 Å². The van der Waals surface area contributed by atoms with Gasteiger partial charge in [0, 0.05) is 98.1 Å². The number of nitrogens with zero attached hydrogens (tertiary/aromatic N) is 8. The summed E-state index contributed by atoms with van der Waals surface area (Å²) in [5.41, 5.74) is 2.18. The quantitative estimate of drug-likeness (QED) is 0.101. The summed E-state index contributed by atoms with van der Waals surface area (Å²) in [7, 11) is 0. The number of hydrogen-bond acceptors (Lipinski definition) is 11. The van der Waals surface area contributed by atoms with E-state index < -0.39 is 23.5 Å². The van der Waals surface area contributed by atoms with Crippen molar-refractivity contribution in [2.45, 2.75) is 76.9 Å². The number of ether oxygens (including phenoxy) is 1. The number of anilines is 4. The van der Waals surface area contributed by atoms with Crippen molar-refractivity contribution >= 4 is 46.3 Å². The van der Waals surface area contributed by atoms with Gasteiger partial charge in [-0.05, 0) is 152 Å². The van der Waals surface area contributed by atoms with E-state index in [4.69, 9.17) is 4.74 Å². The first-order valence-corrected chi connectivity index (χ1v) is 28.0. The first-order valence-electron chi connectivity index (χ1n) is 26.4. The molecule has 0 spiro atoms. The van der Waals surface area contributed by atoms with Gasteiger partial charge in [0.05, 0.1) is 47.1 Å². The van der Waals surface area contributed by atoms with Crippen molar-refractivity contribution in [3.63, 3.8) is 0 Å². The van der Waals surface area contributed by atoms with Gasteiger partial charge in [-0.3, -0.25) is 4.90 Å². The highest BCUT2D eigenvalue weighted by Gasteiger charge is 2.35. The van der Waals surface area contributed by atoms with Crippen LogP contribution in [0.3, 0.4) is 0 Å². The molecule has 4 aromatic carbocycles. The van der Waals surface area contributed by atoms with Crippen LogP contribution in [-0.4, -0.2) is 174 Å². The molecule has 0 amide bonds. The van der Waals surface area contributed by atoms with Crippen LogP contribution in [0.2, 0.25) is 0 Å². The fraction of sp³-hybridized carbons (Fsp3) is 0.564. The van der Waals surface area contributed by atoms with E-state index in [2.05, 4.69) is 45.3 Å². The van der Waals surface area contributed by atoms with E-state index >= 15 is 0 Å². The minimum absolute atomic E-state index is 0.581. The summed E-state index contributed by atoms with van der Waals surface area (Å²) in [4.78, 5) is 23.4. The van der Waals surface area contributed by atoms with E-state index in [-0.39, 0.29) is 0 Å². The Morgan fingerprint density at radius 1 is 0.361 bits per heavy atom. The molecule has 0 saturated carbocycles. The lowest BCUT2D eigenvalue weighted by Crippen LogP contribution is -2.47. The largest absolute Gasteiger partial charge is 0.416 e. The minimum atomic E-state index is -4.34. The van der Waals surface area contributed by atoms with Gasteiger partial charge >= 0.3 is 12.4 Å². The summed E-state index contributed by atoms with van der Waals surface area (Å²) in [6.45, 7) is 23.1. The zero-order valence-corrected chi connectivity index (χ0v) is 43.3.